The number of carbonyl (C=O) groups is 2. The average molecular weight is 264 g/mol. The molecule has 0 aliphatic carbocycles. The van der Waals surface area contributed by atoms with Crippen molar-refractivity contribution in [1.29, 1.82) is 0 Å². The van der Waals surface area contributed by atoms with E-state index in [2.05, 4.69) is 10.1 Å². The third-order valence-electron chi connectivity index (χ3n) is 3.15. The molecule has 5 nitrogen and oxygen atoms in total. The number of amides is 1. The summed E-state index contributed by atoms with van der Waals surface area (Å²) in [5, 5.41) is 2.77. The number of anilines is 1. The van der Waals surface area contributed by atoms with E-state index in [1.807, 2.05) is 13.8 Å². The lowest BCUT2D eigenvalue weighted by Gasteiger charge is -2.22. The first-order valence-electron chi connectivity index (χ1n) is 6.11. The number of aryl methyl sites for hydroxylation is 1. The van der Waals surface area contributed by atoms with Gasteiger partial charge in [-0.05, 0) is 44.0 Å². The molecule has 5 heteroatoms. The van der Waals surface area contributed by atoms with Gasteiger partial charge in [0.05, 0.1) is 18.2 Å². The predicted molar refractivity (Wildman–Crippen MR) is 74.0 cm³/mol. The minimum atomic E-state index is -0.909. The maximum Gasteiger partial charge on any atom is 0.337 e. The second-order valence-electron chi connectivity index (χ2n) is 4.75. The molecular weight excluding hydrogens is 244 g/mol. The summed E-state index contributed by atoms with van der Waals surface area (Å²) in [5.74, 6) is -0.651. The normalized spacial score (nSPS) is 13.5. The molecule has 19 heavy (non-hydrogen) atoms. The molecule has 0 fully saturated rings. The van der Waals surface area contributed by atoms with E-state index < -0.39 is 11.5 Å². The Morgan fingerprint density at radius 1 is 1.42 bits per heavy atom. The molecule has 0 spiro atoms. The van der Waals surface area contributed by atoms with Gasteiger partial charge in [-0.3, -0.25) is 4.79 Å². The Morgan fingerprint density at radius 2 is 2.05 bits per heavy atom. The van der Waals surface area contributed by atoms with Crippen LogP contribution < -0.4 is 11.1 Å². The maximum atomic E-state index is 12.0. The van der Waals surface area contributed by atoms with Crippen molar-refractivity contribution in [2.75, 3.05) is 12.4 Å². The van der Waals surface area contributed by atoms with Gasteiger partial charge in [0.25, 0.3) is 0 Å². The monoisotopic (exact) mass is 264 g/mol. The molecule has 0 saturated carbocycles. The average Bonchev–Trinajstić information content (AvgIpc) is 2.39. The molecule has 104 valence electrons. The van der Waals surface area contributed by atoms with Gasteiger partial charge in [-0.1, -0.05) is 6.92 Å². The second kappa shape index (κ2) is 5.84. The van der Waals surface area contributed by atoms with Crippen LogP contribution in [0.25, 0.3) is 0 Å². The number of hydrogen-bond acceptors (Lipinski definition) is 4. The van der Waals surface area contributed by atoms with Crippen molar-refractivity contribution in [3.63, 3.8) is 0 Å². The van der Waals surface area contributed by atoms with Crippen LogP contribution in [-0.4, -0.2) is 24.5 Å². The van der Waals surface area contributed by atoms with Gasteiger partial charge in [-0.25, -0.2) is 4.79 Å². The van der Waals surface area contributed by atoms with Gasteiger partial charge in [-0.2, -0.15) is 0 Å². The molecule has 1 atom stereocenters. The van der Waals surface area contributed by atoms with E-state index in [4.69, 9.17) is 5.73 Å². The van der Waals surface area contributed by atoms with E-state index in [0.29, 0.717) is 17.7 Å². The number of methoxy groups -OCH3 is 1. The molecule has 3 N–H and O–H groups in total. The highest BCUT2D eigenvalue weighted by atomic mass is 16.5. The number of ether oxygens (including phenoxy) is 1. The van der Waals surface area contributed by atoms with Crippen LogP contribution in [0, 0.1) is 6.92 Å². The lowest BCUT2D eigenvalue weighted by atomic mass is 9.99. The summed E-state index contributed by atoms with van der Waals surface area (Å²) in [5.41, 5.74) is 6.83. The number of nitrogens with two attached hydrogens (primary N) is 1. The van der Waals surface area contributed by atoms with Crippen LogP contribution >= 0.6 is 0 Å². The molecule has 1 aromatic rings. The van der Waals surface area contributed by atoms with E-state index in [-0.39, 0.29) is 5.91 Å². The fourth-order valence-electron chi connectivity index (χ4n) is 1.47. The molecule has 1 aromatic carbocycles. The molecule has 0 aliphatic rings. The van der Waals surface area contributed by atoms with Crippen molar-refractivity contribution >= 4 is 17.6 Å². The topological polar surface area (TPSA) is 81.4 Å². The van der Waals surface area contributed by atoms with Crippen molar-refractivity contribution in [1.82, 2.24) is 0 Å². The predicted octanol–water partition coefficient (Wildman–Crippen LogP) is 1.85. The third-order valence-corrected chi connectivity index (χ3v) is 3.15. The lowest BCUT2D eigenvalue weighted by molar-refractivity contribution is -0.120. The minimum absolute atomic E-state index is 0.246. The maximum absolute atomic E-state index is 12.0. The number of carbonyl (C=O) groups excluding carboxylic acids is 2. The van der Waals surface area contributed by atoms with E-state index in [9.17, 15) is 9.59 Å². The third kappa shape index (κ3) is 3.54. The number of nitrogens with one attached hydrogen (secondary N) is 1. The molecular formula is C14H20N2O3. The van der Waals surface area contributed by atoms with E-state index >= 15 is 0 Å². The van der Waals surface area contributed by atoms with Crippen LogP contribution in [0.1, 0.15) is 36.2 Å². The molecule has 0 heterocycles. The van der Waals surface area contributed by atoms with Gasteiger partial charge in [0.2, 0.25) is 5.91 Å². The molecule has 1 unspecified atom stereocenters. The lowest BCUT2D eigenvalue weighted by Crippen LogP contribution is -2.47. The van der Waals surface area contributed by atoms with Crippen molar-refractivity contribution in [3.05, 3.63) is 29.3 Å². The van der Waals surface area contributed by atoms with Crippen LogP contribution in [0.2, 0.25) is 0 Å². The summed E-state index contributed by atoms with van der Waals surface area (Å²) in [6.45, 7) is 5.34. The molecule has 0 radical (unpaired) electrons. The van der Waals surface area contributed by atoms with Crippen LogP contribution in [0.5, 0.6) is 0 Å². The SMILES string of the molecule is CCC(C)(N)C(=O)Nc1ccc(C(=O)OC)cc1C. The van der Waals surface area contributed by atoms with Crippen molar-refractivity contribution in [2.45, 2.75) is 32.7 Å². The Morgan fingerprint density at radius 3 is 2.53 bits per heavy atom. The Hall–Kier alpha value is -1.88. The van der Waals surface area contributed by atoms with Crippen molar-refractivity contribution in [3.8, 4) is 0 Å². The minimum Gasteiger partial charge on any atom is -0.465 e. The molecule has 0 aliphatic heterocycles. The Kier molecular flexibility index (Phi) is 4.67. The van der Waals surface area contributed by atoms with Crippen molar-refractivity contribution in [2.24, 2.45) is 5.73 Å². The van der Waals surface area contributed by atoms with Crippen LogP contribution in [0.4, 0.5) is 5.69 Å². The fraction of sp³-hybridized carbons (Fsp3) is 0.429. The zero-order valence-electron chi connectivity index (χ0n) is 11.7. The van der Waals surface area contributed by atoms with E-state index in [1.54, 1.807) is 25.1 Å². The van der Waals surface area contributed by atoms with Crippen LogP contribution in [0.3, 0.4) is 0 Å². The van der Waals surface area contributed by atoms with Crippen molar-refractivity contribution < 1.29 is 14.3 Å². The van der Waals surface area contributed by atoms with Crippen LogP contribution in [0.15, 0.2) is 18.2 Å². The van der Waals surface area contributed by atoms with Crippen LogP contribution in [-0.2, 0) is 9.53 Å². The quantitative estimate of drug-likeness (QED) is 0.813. The highest BCUT2D eigenvalue weighted by molar-refractivity contribution is 5.98. The summed E-state index contributed by atoms with van der Waals surface area (Å²) in [4.78, 5) is 23.3. The number of hydrogen-bond donors (Lipinski definition) is 2. The smallest absolute Gasteiger partial charge is 0.337 e. The van der Waals surface area contributed by atoms with Gasteiger partial charge in [0.15, 0.2) is 0 Å². The zero-order valence-corrected chi connectivity index (χ0v) is 11.7. The second-order valence-corrected chi connectivity index (χ2v) is 4.75. The van der Waals surface area contributed by atoms with E-state index in [1.165, 1.54) is 7.11 Å². The molecule has 0 saturated heterocycles. The summed E-state index contributed by atoms with van der Waals surface area (Å²) in [7, 11) is 1.33. The molecule has 0 aromatic heterocycles. The molecule has 1 rings (SSSR count). The number of rotatable bonds is 4. The highest BCUT2D eigenvalue weighted by Crippen LogP contribution is 2.19. The Balaban J connectivity index is 2.93. The number of benzene rings is 1. The first kappa shape index (κ1) is 15.2. The summed E-state index contributed by atoms with van der Waals surface area (Å²) in [6, 6.07) is 4.95. The Labute approximate surface area is 113 Å². The number of esters is 1. The van der Waals surface area contributed by atoms with Gasteiger partial charge < -0.3 is 15.8 Å². The van der Waals surface area contributed by atoms with Gasteiger partial charge >= 0.3 is 5.97 Å². The summed E-state index contributed by atoms with van der Waals surface area (Å²) >= 11 is 0. The standard InChI is InChI=1S/C14H20N2O3/c1-5-14(3,15)13(18)16-11-7-6-10(8-9(11)2)12(17)19-4/h6-8H,5,15H2,1-4H3,(H,16,18). The molecule has 0 bridgehead atoms. The Bertz CT molecular complexity index is 495. The van der Waals surface area contributed by atoms with Gasteiger partial charge in [-0.15, -0.1) is 0 Å². The van der Waals surface area contributed by atoms with E-state index in [0.717, 1.165) is 5.56 Å². The first-order chi connectivity index (χ1) is 8.81. The zero-order chi connectivity index (χ0) is 14.6. The molecule has 1 amide bonds. The highest BCUT2D eigenvalue weighted by Gasteiger charge is 2.26. The fourth-order valence-corrected chi connectivity index (χ4v) is 1.47. The van der Waals surface area contributed by atoms with Gasteiger partial charge in [0, 0.05) is 5.69 Å². The largest absolute Gasteiger partial charge is 0.465 e. The summed E-state index contributed by atoms with van der Waals surface area (Å²) in [6.07, 6.45) is 0.540. The summed E-state index contributed by atoms with van der Waals surface area (Å²) < 4.78 is 4.64. The first-order valence-corrected chi connectivity index (χ1v) is 6.11. The van der Waals surface area contributed by atoms with Gasteiger partial charge in [0.1, 0.15) is 0 Å².